The molecule has 1 N–H and O–H groups in total. The number of aromatic nitrogens is 3. The van der Waals surface area contributed by atoms with Crippen molar-refractivity contribution >= 4 is 11.6 Å². The van der Waals surface area contributed by atoms with Crippen LogP contribution in [0.15, 0.2) is 27.9 Å². The van der Waals surface area contributed by atoms with E-state index in [-0.39, 0.29) is 28.5 Å². The van der Waals surface area contributed by atoms with E-state index in [1.807, 2.05) is 19.9 Å². The topological polar surface area (TPSA) is 89.2 Å². The molecule has 0 aromatic carbocycles. The summed E-state index contributed by atoms with van der Waals surface area (Å²) in [4.78, 5) is 39.2. The van der Waals surface area contributed by atoms with Crippen molar-refractivity contribution in [1.82, 2.24) is 19.7 Å². The standard InChI is InChI=1S/C20H27N5O3/c1-5-25-14(3)8-13(2)18(20(25)28)19(27)21-10-15-6-7-24(12-15)16-9-17(26)23(4)22-11-16/h8-9,11,15H,5-7,10,12H2,1-4H3,(H,21,27)/t15-/m1/s1. The van der Waals surface area contributed by atoms with Gasteiger partial charge in [-0.05, 0) is 44.7 Å². The molecule has 8 heteroatoms. The van der Waals surface area contributed by atoms with Gasteiger partial charge in [-0.1, -0.05) is 0 Å². The third kappa shape index (κ3) is 3.85. The number of pyridine rings is 1. The molecule has 1 atom stereocenters. The molecule has 150 valence electrons. The maximum Gasteiger partial charge on any atom is 0.268 e. The Labute approximate surface area is 163 Å². The fourth-order valence-corrected chi connectivity index (χ4v) is 3.79. The Morgan fingerprint density at radius 1 is 1.29 bits per heavy atom. The van der Waals surface area contributed by atoms with Gasteiger partial charge in [-0.2, -0.15) is 5.10 Å². The smallest absolute Gasteiger partial charge is 0.268 e. The first kappa shape index (κ1) is 19.9. The summed E-state index contributed by atoms with van der Waals surface area (Å²) in [5.74, 6) is -0.0643. The zero-order chi connectivity index (χ0) is 20.4. The van der Waals surface area contributed by atoms with Crippen LogP contribution in [0.4, 0.5) is 5.69 Å². The maximum atomic E-state index is 12.7. The monoisotopic (exact) mass is 385 g/mol. The Morgan fingerprint density at radius 3 is 2.71 bits per heavy atom. The summed E-state index contributed by atoms with van der Waals surface area (Å²) < 4.78 is 2.91. The first-order valence-corrected chi connectivity index (χ1v) is 9.59. The van der Waals surface area contributed by atoms with Crippen molar-refractivity contribution in [2.45, 2.75) is 33.7 Å². The van der Waals surface area contributed by atoms with Crippen LogP contribution in [0, 0.1) is 19.8 Å². The summed E-state index contributed by atoms with van der Waals surface area (Å²) in [6.07, 6.45) is 2.59. The summed E-state index contributed by atoms with van der Waals surface area (Å²) in [5, 5.41) is 6.99. The molecule has 3 heterocycles. The number of carbonyl (C=O) groups is 1. The van der Waals surface area contributed by atoms with Crippen molar-refractivity contribution in [3.63, 3.8) is 0 Å². The van der Waals surface area contributed by atoms with Gasteiger partial charge in [0.25, 0.3) is 17.0 Å². The van der Waals surface area contributed by atoms with E-state index in [2.05, 4.69) is 15.3 Å². The average molecular weight is 385 g/mol. The number of amides is 1. The highest BCUT2D eigenvalue weighted by Gasteiger charge is 2.25. The van der Waals surface area contributed by atoms with Crippen molar-refractivity contribution in [2.75, 3.05) is 24.5 Å². The highest BCUT2D eigenvalue weighted by atomic mass is 16.2. The molecule has 1 aliphatic heterocycles. The van der Waals surface area contributed by atoms with Gasteiger partial charge >= 0.3 is 0 Å². The minimum Gasteiger partial charge on any atom is -0.370 e. The summed E-state index contributed by atoms with van der Waals surface area (Å²) >= 11 is 0. The van der Waals surface area contributed by atoms with Crippen molar-refractivity contribution in [3.05, 3.63) is 55.9 Å². The van der Waals surface area contributed by atoms with E-state index >= 15 is 0 Å². The van der Waals surface area contributed by atoms with Crippen molar-refractivity contribution in [3.8, 4) is 0 Å². The minimum absolute atomic E-state index is 0.142. The Morgan fingerprint density at radius 2 is 2.04 bits per heavy atom. The third-order valence-corrected chi connectivity index (χ3v) is 5.40. The number of nitrogens with one attached hydrogen (secondary N) is 1. The SMILES string of the molecule is CCn1c(C)cc(C)c(C(=O)NC[C@H]2CCN(c3cnn(C)c(=O)c3)C2)c1=O. The predicted octanol–water partition coefficient (Wildman–Crippen LogP) is 0.835. The second kappa shape index (κ2) is 8.00. The molecular formula is C20H27N5O3. The van der Waals surface area contributed by atoms with E-state index < -0.39 is 0 Å². The first-order chi connectivity index (χ1) is 13.3. The molecule has 0 unspecified atom stereocenters. The number of carbonyl (C=O) groups excluding carboxylic acids is 1. The van der Waals surface area contributed by atoms with E-state index in [0.717, 1.165) is 30.9 Å². The number of rotatable bonds is 5. The lowest BCUT2D eigenvalue weighted by Gasteiger charge is -2.18. The minimum atomic E-state index is -0.321. The zero-order valence-corrected chi connectivity index (χ0v) is 16.9. The number of anilines is 1. The molecule has 0 spiro atoms. The van der Waals surface area contributed by atoms with Gasteiger partial charge in [0.15, 0.2) is 0 Å². The van der Waals surface area contributed by atoms with E-state index in [1.54, 1.807) is 30.8 Å². The van der Waals surface area contributed by atoms with Crippen LogP contribution in [-0.4, -0.2) is 39.9 Å². The van der Waals surface area contributed by atoms with Crippen LogP contribution >= 0.6 is 0 Å². The molecule has 2 aromatic rings. The number of nitrogens with zero attached hydrogens (tertiary/aromatic N) is 4. The van der Waals surface area contributed by atoms with Gasteiger partial charge in [0.1, 0.15) is 5.56 Å². The largest absolute Gasteiger partial charge is 0.370 e. The summed E-state index contributed by atoms with van der Waals surface area (Å²) in [6.45, 7) is 8.13. The van der Waals surface area contributed by atoms with Crippen LogP contribution < -0.4 is 21.3 Å². The fraction of sp³-hybridized carbons (Fsp3) is 0.500. The van der Waals surface area contributed by atoms with Gasteiger partial charge in [-0.15, -0.1) is 0 Å². The normalized spacial score (nSPS) is 16.4. The lowest BCUT2D eigenvalue weighted by atomic mass is 10.1. The molecule has 0 aliphatic carbocycles. The number of aryl methyl sites for hydroxylation is 3. The van der Waals surface area contributed by atoms with E-state index in [9.17, 15) is 14.4 Å². The van der Waals surface area contributed by atoms with E-state index in [4.69, 9.17) is 0 Å². The molecule has 1 fully saturated rings. The van der Waals surface area contributed by atoms with E-state index in [1.165, 1.54) is 4.68 Å². The number of hydrogen-bond acceptors (Lipinski definition) is 5. The Hall–Kier alpha value is -2.90. The molecule has 0 saturated carbocycles. The lowest BCUT2D eigenvalue weighted by molar-refractivity contribution is 0.0945. The van der Waals surface area contributed by atoms with Gasteiger partial charge in [0.05, 0.1) is 11.9 Å². The Kier molecular flexibility index (Phi) is 5.67. The van der Waals surface area contributed by atoms with Crippen LogP contribution in [-0.2, 0) is 13.6 Å². The molecule has 0 radical (unpaired) electrons. The molecule has 8 nitrogen and oxygen atoms in total. The summed E-state index contributed by atoms with van der Waals surface area (Å²) in [5.41, 5.74) is 2.20. The summed E-state index contributed by atoms with van der Waals surface area (Å²) in [7, 11) is 1.62. The predicted molar refractivity (Wildman–Crippen MR) is 108 cm³/mol. The zero-order valence-electron chi connectivity index (χ0n) is 16.9. The van der Waals surface area contributed by atoms with Crippen LogP contribution in [0.1, 0.15) is 35.0 Å². The second-order valence-electron chi connectivity index (χ2n) is 7.38. The fourth-order valence-electron chi connectivity index (χ4n) is 3.79. The highest BCUT2D eigenvalue weighted by molar-refractivity contribution is 5.95. The third-order valence-electron chi connectivity index (χ3n) is 5.40. The number of hydrogen-bond donors (Lipinski definition) is 1. The van der Waals surface area contributed by atoms with Crippen LogP contribution in [0.25, 0.3) is 0 Å². The molecule has 0 bridgehead atoms. The van der Waals surface area contributed by atoms with Gasteiger partial charge in [-0.25, -0.2) is 4.68 Å². The van der Waals surface area contributed by atoms with Crippen LogP contribution in [0.2, 0.25) is 0 Å². The van der Waals surface area contributed by atoms with Gasteiger partial charge in [-0.3, -0.25) is 14.4 Å². The average Bonchev–Trinajstić information content (AvgIpc) is 3.11. The first-order valence-electron chi connectivity index (χ1n) is 9.59. The Balaban J connectivity index is 1.65. The molecule has 28 heavy (non-hydrogen) atoms. The molecule has 1 aliphatic rings. The quantitative estimate of drug-likeness (QED) is 0.824. The molecule has 1 saturated heterocycles. The maximum absolute atomic E-state index is 12.7. The van der Waals surface area contributed by atoms with Crippen LogP contribution in [0.3, 0.4) is 0 Å². The van der Waals surface area contributed by atoms with Gasteiger partial charge in [0.2, 0.25) is 0 Å². The molecule has 1 amide bonds. The van der Waals surface area contributed by atoms with Crippen molar-refractivity contribution in [1.29, 1.82) is 0 Å². The van der Waals surface area contributed by atoms with Gasteiger partial charge < -0.3 is 14.8 Å². The lowest BCUT2D eigenvalue weighted by Crippen LogP contribution is -2.37. The van der Waals surface area contributed by atoms with Crippen molar-refractivity contribution in [2.24, 2.45) is 13.0 Å². The molecular weight excluding hydrogens is 358 g/mol. The summed E-state index contributed by atoms with van der Waals surface area (Å²) in [6, 6.07) is 3.46. The van der Waals surface area contributed by atoms with Crippen LogP contribution in [0.5, 0.6) is 0 Å². The molecule has 3 rings (SSSR count). The van der Waals surface area contributed by atoms with Gasteiger partial charge in [0, 0.05) is 45.0 Å². The molecule has 2 aromatic heterocycles. The Bertz CT molecular complexity index is 1010. The van der Waals surface area contributed by atoms with Crippen molar-refractivity contribution < 1.29 is 4.79 Å². The highest BCUT2D eigenvalue weighted by Crippen LogP contribution is 2.21. The second-order valence-corrected chi connectivity index (χ2v) is 7.38. The van der Waals surface area contributed by atoms with E-state index in [0.29, 0.717) is 18.7 Å².